The van der Waals surface area contributed by atoms with E-state index in [-0.39, 0.29) is 25.0 Å². The summed E-state index contributed by atoms with van der Waals surface area (Å²) in [7, 11) is 0. The highest BCUT2D eigenvalue weighted by Crippen LogP contribution is 2.06. The first kappa shape index (κ1) is 15.6. The molecule has 1 aromatic rings. The Bertz CT molecular complexity index is 496. The van der Waals surface area contributed by atoms with E-state index in [2.05, 4.69) is 5.32 Å². The molecule has 0 spiro atoms. The highest BCUT2D eigenvalue weighted by molar-refractivity contribution is 5.96. The van der Waals surface area contributed by atoms with Crippen LogP contribution in [0.1, 0.15) is 28.8 Å². The molecular formula is C13H15NO6. The summed E-state index contributed by atoms with van der Waals surface area (Å²) >= 11 is 0. The predicted octanol–water partition coefficient (Wildman–Crippen LogP) is 0.227. The highest BCUT2D eigenvalue weighted by Gasteiger charge is 2.21. The molecule has 7 nitrogen and oxygen atoms in total. The minimum absolute atomic E-state index is 0.155. The molecular weight excluding hydrogens is 266 g/mol. The number of carboxylic acid groups (broad SMARTS) is 2. The maximum absolute atomic E-state index is 11.8. The molecule has 0 aromatic heterocycles. The van der Waals surface area contributed by atoms with Crippen molar-refractivity contribution in [3.63, 3.8) is 0 Å². The SMILES string of the molecule is O=C(O)CCC(NC(=O)c1ccc(CO)cc1)C(=O)O. The van der Waals surface area contributed by atoms with Crippen LogP contribution in [0.25, 0.3) is 0 Å². The van der Waals surface area contributed by atoms with E-state index < -0.39 is 23.9 Å². The van der Waals surface area contributed by atoms with Gasteiger partial charge >= 0.3 is 11.9 Å². The second-order valence-corrected chi connectivity index (χ2v) is 4.15. The van der Waals surface area contributed by atoms with Crippen molar-refractivity contribution in [2.24, 2.45) is 0 Å². The van der Waals surface area contributed by atoms with Gasteiger partial charge in [-0.05, 0) is 24.1 Å². The lowest BCUT2D eigenvalue weighted by Crippen LogP contribution is -2.41. The van der Waals surface area contributed by atoms with E-state index in [9.17, 15) is 14.4 Å². The van der Waals surface area contributed by atoms with Gasteiger partial charge in [0.25, 0.3) is 5.91 Å². The monoisotopic (exact) mass is 281 g/mol. The van der Waals surface area contributed by atoms with Gasteiger partial charge in [0.05, 0.1) is 6.61 Å². The van der Waals surface area contributed by atoms with Crippen molar-refractivity contribution < 1.29 is 29.7 Å². The van der Waals surface area contributed by atoms with Crippen LogP contribution in [0.15, 0.2) is 24.3 Å². The van der Waals surface area contributed by atoms with Gasteiger partial charge in [0.2, 0.25) is 0 Å². The first-order chi connectivity index (χ1) is 9.43. The molecule has 1 unspecified atom stereocenters. The van der Waals surface area contributed by atoms with Crippen molar-refractivity contribution >= 4 is 17.8 Å². The van der Waals surface area contributed by atoms with Crippen molar-refractivity contribution in [1.29, 1.82) is 0 Å². The molecule has 0 aliphatic rings. The average molecular weight is 281 g/mol. The molecule has 0 aliphatic heterocycles. The average Bonchev–Trinajstić information content (AvgIpc) is 2.42. The molecule has 20 heavy (non-hydrogen) atoms. The van der Waals surface area contributed by atoms with E-state index in [1.54, 1.807) is 12.1 Å². The van der Waals surface area contributed by atoms with Gasteiger partial charge in [-0.15, -0.1) is 0 Å². The van der Waals surface area contributed by atoms with Crippen LogP contribution in [0.4, 0.5) is 0 Å². The van der Waals surface area contributed by atoms with Crippen LogP contribution in [0.3, 0.4) is 0 Å². The summed E-state index contributed by atoms with van der Waals surface area (Å²) in [5.74, 6) is -3.02. The van der Waals surface area contributed by atoms with Gasteiger partial charge in [0.1, 0.15) is 6.04 Å². The van der Waals surface area contributed by atoms with Gasteiger partial charge in [-0.2, -0.15) is 0 Å². The summed E-state index contributed by atoms with van der Waals surface area (Å²) in [6, 6.07) is 4.74. The normalized spacial score (nSPS) is 11.7. The summed E-state index contributed by atoms with van der Waals surface area (Å²) in [5.41, 5.74) is 0.867. The standard InChI is InChI=1S/C13H15NO6/c15-7-8-1-3-9(4-2-8)12(18)14-10(13(19)20)5-6-11(16)17/h1-4,10,15H,5-7H2,(H,14,18)(H,16,17)(H,19,20). The second-order valence-electron chi connectivity index (χ2n) is 4.15. The number of nitrogens with one attached hydrogen (secondary N) is 1. The Morgan fingerprint density at radius 3 is 2.15 bits per heavy atom. The fourth-order valence-corrected chi connectivity index (χ4v) is 1.53. The number of aliphatic hydroxyl groups is 1. The summed E-state index contributed by atoms with van der Waals surface area (Å²) < 4.78 is 0. The number of carboxylic acids is 2. The number of rotatable bonds is 7. The van der Waals surface area contributed by atoms with E-state index in [1.165, 1.54) is 12.1 Å². The van der Waals surface area contributed by atoms with Gasteiger partial charge in [-0.1, -0.05) is 12.1 Å². The van der Waals surface area contributed by atoms with E-state index in [0.29, 0.717) is 5.56 Å². The molecule has 0 fully saturated rings. The zero-order chi connectivity index (χ0) is 15.1. The molecule has 0 saturated carbocycles. The third-order valence-corrected chi connectivity index (χ3v) is 2.65. The Balaban J connectivity index is 2.69. The summed E-state index contributed by atoms with van der Waals surface area (Å²) in [4.78, 5) is 33.2. The Morgan fingerprint density at radius 1 is 1.10 bits per heavy atom. The van der Waals surface area contributed by atoms with Gasteiger partial charge in [0, 0.05) is 12.0 Å². The number of hydrogen-bond donors (Lipinski definition) is 4. The smallest absolute Gasteiger partial charge is 0.326 e. The quantitative estimate of drug-likeness (QED) is 0.567. The molecule has 0 aliphatic carbocycles. The maximum Gasteiger partial charge on any atom is 0.326 e. The third-order valence-electron chi connectivity index (χ3n) is 2.65. The Labute approximate surface area is 114 Å². The molecule has 1 amide bonds. The second kappa shape index (κ2) is 7.25. The van der Waals surface area contributed by atoms with Crippen LogP contribution >= 0.6 is 0 Å². The molecule has 0 saturated heterocycles. The van der Waals surface area contributed by atoms with E-state index in [4.69, 9.17) is 15.3 Å². The van der Waals surface area contributed by atoms with Crippen molar-refractivity contribution in [2.75, 3.05) is 0 Å². The fraction of sp³-hybridized carbons (Fsp3) is 0.308. The van der Waals surface area contributed by atoms with E-state index in [0.717, 1.165) is 0 Å². The Morgan fingerprint density at radius 2 is 1.70 bits per heavy atom. The van der Waals surface area contributed by atoms with E-state index in [1.807, 2.05) is 0 Å². The molecule has 1 rings (SSSR count). The maximum atomic E-state index is 11.8. The largest absolute Gasteiger partial charge is 0.481 e. The van der Waals surface area contributed by atoms with Crippen molar-refractivity contribution in [2.45, 2.75) is 25.5 Å². The molecule has 4 N–H and O–H groups in total. The lowest BCUT2D eigenvalue weighted by atomic mass is 10.1. The fourth-order valence-electron chi connectivity index (χ4n) is 1.53. The molecule has 0 radical (unpaired) electrons. The number of aliphatic hydroxyl groups excluding tert-OH is 1. The molecule has 7 heteroatoms. The number of carbonyl (C=O) groups excluding carboxylic acids is 1. The first-order valence-corrected chi connectivity index (χ1v) is 5.89. The van der Waals surface area contributed by atoms with Gasteiger partial charge in [-0.25, -0.2) is 4.79 Å². The minimum Gasteiger partial charge on any atom is -0.481 e. The molecule has 1 atom stereocenters. The van der Waals surface area contributed by atoms with Crippen molar-refractivity contribution in [3.05, 3.63) is 35.4 Å². The van der Waals surface area contributed by atoms with Crippen LogP contribution < -0.4 is 5.32 Å². The van der Waals surface area contributed by atoms with Gasteiger partial charge in [0.15, 0.2) is 0 Å². The Hall–Kier alpha value is -2.41. The minimum atomic E-state index is -1.29. The van der Waals surface area contributed by atoms with Crippen molar-refractivity contribution in [1.82, 2.24) is 5.32 Å². The predicted molar refractivity (Wildman–Crippen MR) is 68.1 cm³/mol. The van der Waals surface area contributed by atoms with Crippen LogP contribution in [-0.4, -0.2) is 39.2 Å². The van der Waals surface area contributed by atoms with Crippen LogP contribution in [0.5, 0.6) is 0 Å². The van der Waals surface area contributed by atoms with Crippen LogP contribution in [-0.2, 0) is 16.2 Å². The van der Waals surface area contributed by atoms with E-state index >= 15 is 0 Å². The number of hydrogen-bond acceptors (Lipinski definition) is 4. The number of carbonyl (C=O) groups is 3. The van der Waals surface area contributed by atoms with Crippen molar-refractivity contribution in [3.8, 4) is 0 Å². The molecule has 0 bridgehead atoms. The number of benzene rings is 1. The van der Waals surface area contributed by atoms with Gasteiger partial charge in [-0.3, -0.25) is 9.59 Å². The number of aliphatic carboxylic acids is 2. The number of amides is 1. The first-order valence-electron chi connectivity index (χ1n) is 5.89. The third kappa shape index (κ3) is 4.69. The topological polar surface area (TPSA) is 124 Å². The van der Waals surface area contributed by atoms with Gasteiger partial charge < -0.3 is 20.6 Å². The van der Waals surface area contributed by atoms with Crippen LogP contribution in [0.2, 0.25) is 0 Å². The molecule has 1 aromatic carbocycles. The van der Waals surface area contributed by atoms with Crippen LogP contribution in [0, 0.1) is 0 Å². The lowest BCUT2D eigenvalue weighted by molar-refractivity contribution is -0.140. The summed E-state index contributed by atoms with van der Waals surface area (Å²) in [6.45, 7) is -0.155. The summed E-state index contributed by atoms with van der Waals surface area (Å²) in [6.07, 6.45) is -0.536. The zero-order valence-corrected chi connectivity index (χ0v) is 10.6. The summed E-state index contributed by atoms with van der Waals surface area (Å²) in [5, 5.41) is 28.6. The molecule has 108 valence electrons. The molecule has 0 heterocycles. The zero-order valence-electron chi connectivity index (χ0n) is 10.6. The highest BCUT2D eigenvalue weighted by atomic mass is 16.4. The Kier molecular flexibility index (Phi) is 5.67. The lowest BCUT2D eigenvalue weighted by Gasteiger charge is -2.13.